The molecule has 0 atom stereocenters. The average Bonchev–Trinajstić information content (AvgIpc) is 3.19. The molecule has 0 aromatic carbocycles. The molecule has 21 heavy (non-hydrogen) atoms. The first-order chi connectivity index (χ1) is 10.3. The Balaban J connectivity index is 1.37. The van der Waals surface area contributed by atoms with Crippen LogP contribution in [0.3, 0.4) is 0 Å². The molecule has 116 valence electrons. The molecule has 0 spiro atoms. The number of thiophene rings is 1. The molecule has 1 aliphatic heterocycles. The van der Waals surface area contributed by atoms with Crippen LogP contribution < -0.4 is 0 Å². The lowest BCUT2D eigenvalue weighted by atomic mass is 10.0. The smallest absolute Gasteiger partial charge is 0.222 e. The Labute approximate surface area is 131 Å². The van der Waals surface area contributed by atoms with Gasteiger partial charge in [-0.3, -0.25) is 9.69 Å². The quantitative estimate of drug-likeness (QED) is 0.833. The zero-order valence-corrected chi connectivity index (χ0v) is 13.6. The first kappa shape index (κ1) is 15.0. The van der Waals surface area contributed by atoms with Crippen molar-refractivity contribution in [2.24, 2.45) is 5.92 Å². The zero-order valence-electron chi connectivity index (χ0n) is 12.8. The Kier molecular flexibility index (Phi) is 5.31. The van der Waals surface area contributed by atoms with Crippen LogP contribution in [0.5, 0.6) is 0 Å². The summed E-state index contributed by atoms with van der Waals surface area (Å²) in [5.41, 5.74) is 0. The largest absolute Gasteiger partial charge is 0.340 e. The molecule has 0 unspecified atom stereocenters. The van der Waals surface area contributed by atoms with Gasteiger partial charge in [0.1, 0.15) is 0 Å². The first-order valence-corrected chi connectivity index (χ1v) is 9.22. The number of rotatable bonds is 5. The molecule has 1 saturated carbocycles. The fourth-order valence-electron chi connectivity index (χ4n) is 3.56. The van der Waals surface area contributed by atoms with Gasteiger partial charge in [0, 0.05) is 44.0 Å². The molecule has 2 aliphatic rings. The van der Waals surface area contributed by atoms with Gasteiger partial charge >= 0.3 is 0 Å². The van der Waals surface area contributed by atoms with E-state index in [0.29, 0.717) is 5.91 Å². The third-order valence-electron chi connectivity index (χ3n) is 4.93. The monoisotopic (exact) mass is 306 g/mol. The van der Waals surface area contributed by atoms with Crippen LogP contribution in [0, 0.1) is 5.92 Å². The van der Waals surface area contributed by atoms with Gasteiger partial charge in [0.15, 0.2) is 0 Å². The normalized spacial score (nSPS) is 21.0. The Hall–Kier alpha value is -0.870. The molecule has 0 N–H and O–H groups in total. The predicted octanol–water partition coefficient (Wildman–Crippen LogP) is 3.36. The van der Waals surface area contributed by atoms with E-state index in [1.807, 2.05) is 11.3 Å². The van der Waals surface area contributed by atoms with Crippen molar-refractivity contribution < 1.29 is 4.79 Å². The number of hydrogen-bond acceptors (Lipinski definition) is 3. The molecular weight excluding hydrogens is 280 g/mol. The van der Waals surface area contributed by atoms with Gasteiger partial charge in [0.2, 0.25) is 5.91 Å². The SMILES string of the molecule is O=C(CCC1CCCC1)N1CCN(Cc2cccs2)CC1. The summed E-state index contributed by atoms with van der Waals surface area (Å²) in [5.74, 6) is 1.21. The Bertz CT molecular complexity index is 432. The van der Waals surface area contributed by atoms with Crippen LogP contribution in [0.1, 0.15) is 43.4 Å². The van der Waals surface area contributed by atoms with Crippen LogP contribution in [0.4, 0.5) is 0 Å². The van der Waals surface area contributed by atoms with Crippen molar-refractivity contribution in [3.05, 3.63) is 22.4 Å². The molecule has 3 nitrogen and oxygen atoms in total. The Morgan fingerprint density at radius 3 is 2.62 bits per heavy atom. The van der Waals surface area contributed by atoms with Crippen molar-refractivity contribution in [3.63, 3.8) is 0 Å². The minimum atomic E-state index is 0.387. The number of carbonyl (C=O) groups excluding carboxylic acids is 1. The zero-order chi connectivity index (χ0) is 14.5. The summed E-state index contributed by atoms with van der Waals surface area (Å²) in [6.45, 7) is 4.91. The number of piperazine rings is 1. The van der Waals surface area contributed by atoms with E-state index in [-0.39, 0.29) is 0 Å². The van der Waals surface area contributed by atoms with Crippen molar-refractivity contribution in [2.45, 2.75) is 45.1 Å². The van der Waals surface area contributed by atoms with Crippen molar-refractivity contribution in [1.29, 1.82) is 0 Å². The molecule has 0 bridgehead atoms. The molecule has 1 amide bonds. The van der Waals surface area contributed by atoms with Gasteiger partial charge in [-0.05, 0) is 23.8 Å². The summed E-state index contributed by atoms with van der Waals surface area (Å²) in [4.78, 5) is 18.3. The van der Waals surface area contributed by atoms with E-state index in [4.69, 9.17) is 0 Å². The topological polar surface area (TPSA) is 23.6 Å². The molecular formula is C17H26N2OS. The van der Waals surface area contributed by atoms with Gasteiger partial charge in [-0.25, -0.2) is 0 Å². The minimum absolute atomic E-state index is 0.387. The van der Waals surface area contributed by atoms with Crippen LogP contribution in [-0.2, 0) is 11.3 Å². The summed E-state index contributed by atoms with van der Waals surface area (Å²) >= 11 is 1.82. The van der Waals surface area contributed by atoms with Crippen LogP contribution in [0.2, 0.25) is 0 Å². The summed E-state index contributed by atoms with van der Waals surface area (Å²) in [7, 11) is 0. The van der Waals surface area contributed by atoms with E-state index < -0.39 is 0 Å². The lowest BCUT2D eigenvalue weighted by molar-refractivity contribution is -0.133. The van der Waals surface area contributed by atoms with E-state index in [1.54, 1.807) is 0 Å². The second kappa shape index (κ2) is 7.41. The van der Waals surface area contributed by atoms with Gasteiger partial charge in [-0.2, -0.15) is 0 Å². The third kappa shape index (κ3) is 4.30. The maximum atomic E-state index is 12.3. The second-order valence-corrected chi connectivity index (χ2v) is 7.46. The lowest BCUT2D eigenvalue weighted by Crippen LogP contribution is -2.48. The van der Waals surface area contributed by atoms with Crippen LogP contribution in [-0.4, -0.2) is 41.9 Å². The van der Waals surface area contributed by atoms with Crippen LogP contribution in [0.25, 0.3) is 0 Å². The molecule has 2 fully saturated rings. The molecule has 1 saturated heterocycles. The van der Waals surface area contributed by atoms with E-state index in [0.717, 1.165) is 51.5 Å². The van der Waals surface area contributed by atoms with E-state index in [2.05, 4.69) is 27.3 Å². The van der Waals surface area contributed by atoms with Crippen LogP contribution >= 0.6 is 11.3 Å². The summed E-state index contributed by atoms with van der Waals surface area (Å²) < 4.78 is 0. The highest BCUT2D eigenvalue weighted by Crippen LogP contribution is 2.28. The predicted molar refractivity (Wildman–Crippen MR) is 87.4 cm³/mol. The molecule has 0 radical (unpaired) electrons. The molecule has 1 aromatic rings. The third-order valence-corrected chi connectivity index (χ3v) is 5.79. The highest BCUT2D eigenvalue weighted by molar-refractivity contribution is 7.09. The number of hydrogen-bond donors (Lipinski definition) is 0. The molecule has 2 heterocycles. The fraction of sp³-hybridized carbons (Fsp3) is 0.706. The van der Waals surface area contributed by atoms with Crippen molar-refractivity contribution in [2.75, 3.05) is 26.2 Å². The highest BCUT2D eigenvalue weighted by Gasteiger charge is 2.22. The van der Waals surface area contributed by atoms with Gasteiger partial charge in [-0.15, -0.1) is 11.3 Å². The van der Waals surface area contributed by atoms with E-state index in [1.165, 1.54) is 30.6 Å². The number of carbonyl (C=O) groups is 1. The van der Waals surface area contributed by atoms with Crippen molar-refractivity contribution in [3.8, 4) is 0 Å². The average molecular weight is 306 g/mol. The molecule has 1 aliphatic carbocycles. The van der Waals surface area contributed by atoms with Gasteiger partial charge in [0.05, 0.1) is 0 Å². The summed E-state index contributed by atoms with van der Waals surface area (Å²) in [6.07, 6.45) is 7.34. The Morgan fingerprint density at radius 1 is 1.19 bits per heavy atom. The maximum Gasteiger partial charge on any atom is 0.222 e. The lowest BCUT2D eigenvalue weighted by Gasteiger charge is -2.34. The fourth-order valence-corrected chi connectivity index (χ4v) is 4.31. The molecule has 1 aromatic heterocycles. The van der Waals surface area contributed by atoms with Gasteiger partial charge < -0.3 is 4.90 Å². The van der Waals surface area contributed by atoms with Crippen LogP contribution in [0.15, 0.2) is 17.5 Å². The first-order valence-electron chi connectivity index (χ1n) is 8.34. The molecule has 3 rings (SSSR count). The second-order valence-electron chi connectivity index (χ2n) is 6.43. The Morgan fingerprint density at radius 2 is 1.95 bits per heavy atom. The van der Waals surface area contributed by atoms with Gasteiger partial charge in [0.25, 0.3) is 0 Å². The highest BCUT2D eigenvalue weighted by atomic mass is 32.1. The summed E-state index contributed by atoms with van der Waals surface area (Å²) in [6, 6.07) is 4.31. The molecule has 4 heteroatoms. The number of amides is 1. The van der Waals surface area contributed by atoms with Crippen molar-refractivity contribution in [1.82, 2.24) is 9.80 Å². The standard InChI is InChI=1S/C17H26N2OS/c20-17(8-7-15-4-1-2-5-15)19-11-9-18(10-12-19)14-16-6-3-13-21-16/h3,6,13,15H,1-2,4-5,7-12,14H2. The number of nitrogens with zero attached hydrogens (tertiary/aromatic N) is 2. The summed E-state index contributed by atoms with van der Waals surface area (Å²) in [5, 5.41) is 2.14. The minimum Gasteiger partial charge on any atom is -0.340 e. The maximum absolute atomic E-state index is 12.3. The van der Waals surface area contributed by atoms with Gasteiger partial charge in [-0.1, -0.05) is 31.7 Å². The van der Waals surface area contributed by atoms with E-state index in [9.17, 15) is 4.79 Å². The van der Waals surface area contributed by atoms with Crippen molar-refractivity contribution >= 4 is 17.2 Å². The van der Waals surface area contributed by atoms with E-state index >= 15 is 0 Å².